The van der Waals surface area contributed by atoms with Crippen LogP contribution in [-0.2, 0) is 12.7 Å². The van der Waals surface area contributed by atoms with Crippen LogP contribution in [0.5, 0.6) is 0 Å². The standard InChI is InChI=1S/C15H14F3NS2/c16-15(17,18)13-8-12(21-14-2-1-7-20-14)6-3-10(13)9-19-11-4-5-11/h1-3,6-8,11,19H,4-5,9H2. The van der Waals surface area contributed by atoms with Gasteiger partial charge in [-0.3, -0.25) is 0 Å². The molecular formula is C15H14F3NS2. The van der Waals surface area contributed by atoms with Gasteiger partial charge in [0.05, 0.1) is 9.77 Å². The van der Waals surface area contributed by atoms with Crippen LogP contribution in [-0.4, -0.2) is 6.04 Å². The molecule has 0 bridgehead atoms. The highest BCUT2D eigenvalue weighted by atomic mass is 32.2. The third-order valence-electron chi connectivity index (χ3n) is 3.26. The van der Waals surface area contributed by atoms with Gasteiger partial charge in [-0.2, -0.15) is 13.2 Å². The molecule has 0 amide bonds. The summed E-state index contributed by atoms with van der Waals surface area (Å²) in [6.07, 6.45) is -2.19. The summed E-state index contributed by atoms with van der Waals surface area (Å²) in [7, 11) is 0. The number of hydrogen-bond donors (Lipinski definition) is 1. The van der Waals surface area contributed by atoms with Crippen LogP contribution in [0.1, 0.15) is 24.0 Å². The van der Waals surface area contributed by atoms with Gasteiger partial charge in [0, 0.05) is 17.5 Å². The van der Waals surface area contributed by atoms with E-state index < -0.39 is 11.7 Å². The van der Waals surface area contributed by atoms with Crippen LogP contribution >= 0.6 is 23.1 Å². The van der Waals surface area contributed by atoms with Crippen molar-refractivity contribution in [3.05, 3.63) is 46.8 Å². The Morgan fingerprint density at radius 2 is 2.05 bits per heavy atom. The average Bonchev–Trinajstić information content (AvgIpc) is 3.12. The quantitative estimate of drug-likeness (QED) is 0.812. The monoisotopic (exact) mass is 329 g/mol. The lowest BCUT2D eigenvalue weighted by molar-refractivity contribution is -0.138. The molecule has 2 aromatic rings. The highest BCUT2D eigenvalue weighted by molar-refractivity contribution is 8.01. The van der Waals surface area contributed by atoms with E-state index in [9.17, 15) is 13.2 Å². The topological polar surface area (TPSA) is 12.0 Å². The number of nitrogens with one attached hydrogen (secondary N) is 1. The van der Waals surface area contributed by atoms with Gasteiger partial charge in [-0.05, 0) is 42.0 Å². The lowest BCUT2D eigenvalue weighted by Crippen LogP contribution is -2.19. The van der Waals surface area contributed by atoms with Gasteiger partial charge in [0.15, 0.2) is 0 Å². The maximum Gasteiger partial charge on any atom is 0.416 e. The first-order valence-electron chi connectivity index (χ1n) is 6.67. The van der Waals surface area contributed by atoms with Crippen LogP contribution in [0.25, 0.3) is 0 Å². The van der Waals surface area contributed by atoms with Gasteiger partial charge in [-0.15, -0.1) is 11.3 Å². The van der Waals surface area contributed by atoms with Gasteiger partial charge in [-0.1, -0.05) is 23.9 Å². The van der Waals surface area contributed by atoms with E-state index in [1.807, 2.05) is 17.5 Å². The Morgan fingerprint density at radius 1 is 1.24 bits per heavy atom. The zero-order valence-corrected chi connectivity index (χ0v) is 12.7. The van der Waals surface area contributed by atoms with Crippen molar-refractivity contribution in [1.29, 1.82) is 0 Å². The second-order valence-corrected chi connectivity index (χ2v) is 7.33. The van der Waals surface area contributed by atoms with Crippen LogP contribution < -0.4 is 5.32 Å². The SMILES string of the molecule is FC(F)(F)c1cc(Sc2cccs2)ccc1CNC1CC1. The Kier molecular flexibility index (Phi) is 4.28. The molecule has 1 nitrogen and oxygen atoms in total. The molecule has 0 unspecified atom stereocenters. The van der Waals surface area contributed by atoms with Crippen LogP contribution in [0.15, 0.2) is 44.8 Å². The molecule has 1 aliphatic rings. The molecule has 1 heterocycles. The highest BCUT2D eigenvalue weighted by Gasteiger charge is 2.34. The largest absolute Gasteiger partial charge is 0.416 e. The molecule has 1 N–H and O–H groups in total. The Morgan fingerprint density at radius 3 is 2.67 bits per heavy atom. The van der Waals surface area contributed by atoms with Gasteiger partial charge in [0.2, 0.25) is 0 Å². The normalized spacial score (nSPS) is 15.4. The van der Waals surface area contributed by atoms with Crippen molar-refractivity contribution in [2.24, 2.45) is 0 Å². The molecule has 0 saturated heterocycles. The van der Waals surface area contributed by atoms with E-state index in [1.165, 1.54) is 29.2 Å². The molecule has 1 aromatic heterocycles. The summed E-state index contributed by atoms with van der Waals surface area (Å²) in [5.41, 5.74) is -0.206. The summed E-state index contributed by atoms with van der Waals surface area (Å²) in [6.45, 7) is 0.281. The molecule has 112 valence electrons. The second kappa shape index (κ2) is 6.02. The minimum Gasteiger partial charge on any atom is -0.310 e. The lowest BCUT2D eigenvalue weighted by Gasteiger charge is -2.14. The molecule has 1 aromatic carbocycles. The Balaban J connectivity index is 1.82. The van der Waals surface area contributed by atoms with Crippen molar-refractivity contribution in [2.45, 2.75) is 40.7 Å². The third-order valence-corrected chi connectivity index (χ3v) is 5.29. The maximum absolute atomic E-state index is 13.2. The van der Waals surface area contributed by atoms with E-state index in [1.54, 1.807) is 12.1 Å². The van der Waals surface area contributed by atoms with Gasteiger partial charge in [-0.25, -0.2) is 0 Å². The minimum absolute atomic E-state index is 0.281. The van der Waals surface area contributed by atoms with Crippen molar-refractivity contribution in [3.63, 3.8) is 0 Å². The van der Waals surface area contributed by atoms with E-state index >= 15 is 0 Å². The van der Waals surface area contributed by atoms with Gasteiger partial charge < -0.3 is 5.32 Å². The molecular weight excluding hydrogens is 315 g/mol. The minimum atomic E-state index is -4.31. The van der Waals surface area contributed by atoms with Crippen molar-refractivity contribution in [1.82, 2.24) is 5.32 Å². The number of thiophene rings is 1. The fourth-order valence-corrected chi connectivity index (χ4v) is 3.80. The van der Waals surface area contributed by atoms with Crippen molar-refractivity contribution >= 4 is 23.1 Å². The number of hydrogen-bond acceptors (Lipinski definition) is 3. The van der Waals surface area contributed by atoms with E-state index in [-0.39, 0.29) is 6.54 Å². The zero-order chi connectivity index (χ0) is 14.9. The smallest absolute Gasteiger partial charge is 0.310 e. The zero-order valence-electron chi connectivity index (χ0n) is 11.1. The van der Waals surface area contributed by atoms with E-state index in [0.717, 1.165) is 17.1 Å². The second-order valence-electron chi connectivity index (χ2n) is 5.01. The lowest BCUT2D eigenvalue weighted by atomic mass is 10.1. The summed E-state index contributed by atoms with van der Waals surface area (Å²) in [6, 6.07) is 8.81. The fraction of sp³-hybridized carbons (Fsp3) is 0.333. The van der Waals surface area contributed by atoms with Crippen LogP contribution in [0.2, 0.25) is 0 Å². The van der Waals surface area contributed by atoms with Gasteiger partial charge >= 0.3 is 6.18 Å². The molecule has 1 saturated carbocycles. The molecule has 0 spiro atoms. The summed E-state index contributed by atoms with van der Waals surface area (Å²) in [4.78, 5) is 0.625. The van der Waals surface area contributed by atoms with Gasteiger partial charge in [0.1, 0.15) is 0 Å². The summed E-state index contributed by atoms with van der Waals surface area (Å²) in [5, 5.41) is 5.06. The van der Waals surface area contributed by atoms with E-state index in [0.29, 0.717) is 16.5 Å². The number of benzene rings is 1. The molecule has 21 heavy (non-hydrogen) atoms. The maximum atomic E-state index is 13.2. The van der Waals surface area contributed by atoms with Crippen molar-refractivity contribution < 1.29 is 13.2 Å². The fourth-order valence-electron chi connectivity index (χ4n) is 2.02. The first-order valence-corrected chi connectivity index (χ1v) is 8.37. The average molecular weight is 329 g/mol. The summed E-state index contributed by atoms with van der Waals surface area (Å²) in [5.74, 6) is 0. The third kappa shape index (κ3) is 4.02. The van der Waals surface area contributed by atoms with Crippen LogP contribution in [0.3, 0.4) is 0 Å². The van der Waals surface area contributed by atoms with Crippen LogP contribution in [0, 0.1) is 0 Å². The Bertz CT molecular complexity index is 604. The van der Waals surface area contributed by atoms with E-state index in [4.69, 9.17) is 0 Å². The first kappa shape index (κ1) is 14.9. The van der Waals surface area contributed by atoms with E-state index in [2.05, 4.69) is 5.32 Å². The highest BCUT2D eigenvalue weighted by Crippen LogP contribution is 2.38. The number of halogens is 3. The number of rotatable bonds is 5. The predicted octanol–water partition coefficient (Wildman–Crippen LogP) is 5.17. The first-order chi connectivity index (χ1) is 10.0. The van der Waals surface area contributed by atoms with Gasteiger partial charge in [0.25, 0.3) is 0 Å². The van der Waals surface area contributed by atoms with Crippen molar-refractivity contribution in [3.8, 4) is 0 Å². The molecule has 6 heteroatoms. The predicted molar refractivity (Wildman–Crippen MR) is 79.7 cm³/mol. The molecule has 3 rings (SSSR count). The Hall–Kier alpha value is -0.980. The molecule has 1 fully saturated rings. The van der Waals surface area contributed by atoms with Crippen molar-refractivity contribution in [2.75, 3.05) is 0 Å². The molecule has 1 aliphatic carbocycles. The summed E-state index contributed by atoms with van der Waals surface area (Å²) >= 11 is 2.90. The number of alkyl halides is 3. The molecule has 0 radical (unpaired) electrons. The molecule has 0 atom stereocenters. The summed E-state index contributed by atoms with van der Waals surface area (Å²) < 4.78 is 40.6. The Labute approximate surface area is 129 Å². The molecule has 0 aliphatic heterocycles. The van der Waals surface area contributed by atoms with Crippen LogP contribution in [0.4, 0.5) is 13.2 Å².